The quantitative estimate of drug-likeness (QED) is 0.249. The fourth-order valence-corrected chi connectivity index (χ4v) is 3.75. The maximum atomic E-state index is 13.0. The number of ether oxygens (including phenoxy) is 2. The lowest BCUT2D eigenvalue weighted by atomic mass is 10.1. The third-order valence-electron chi connectivity index (χ3n) is 5.13. The summed E-state index contributed by atoms with van der Waals surface area (Å²) in [4.78, 5) is 23.5. The summed E-state index contributed by atoms with van der Waals surface area (Å²) in [6, 6.07) is 18.7. The Balaban J connectivity index is 1.58. The first-order chi connectivity index (χ1) is 16.4. The van der Waals surface area contributed by atoms with Crippen molar-refractivity contribution in [2.45, 2.75) is 13.5 Å². The van der Waals surface area contributed by atoms with E-state index in [1.54, 1.807) is 37.3 Å². The van der Waals surface area contributed by atoms with E-state index in [0.29, 0.717) is 39.6 Å². The van der Waals surface area contributed by atoms with E-state index < -0.39 is 4.92 Å². The van der Waals surface area contributed by atoms with Gasteiger partial charge in [0.1, 0.15) is 6.61 Å². The molecule has 0 aliphatic carbocycles. The Hall–Kier alpha value is -4.17. The molecule has 1 aliphatic heterocycles. The van der Waals surface area contributed by atoms with Crippen molar-refractivity contribution in [3.8, 4) is 11.5 Å². The number of anilines is 1. The second kappa shape index (κ2) is 9.76. The number of non-ortho nitro benzene ring substituents is 1. The molecule has 0 radical (unpaired) electrons. The van der Waals surface area contributed by atoms with E-state index in [9.17, 15) is 14.9 Å². The molecule has 1 aliphatic rings. The number of nitro groups is 1. The molecule has 1 heterocycles. The van der Waals surface area contributed by atoms with Gasteiger partial charge in [-0.2, -0.15) is 10.1 Å². The lowest BCUT2D eigenvalue weighted by Gasteiger charge is -2.14. The van der Waals surface area contributed by atoms with E-state index in [4.69, 9.17) is 21.1 Å². The molecular weight excluding hydrogens is 458 g/mol. The highest BCUT2D eigenvalue weighted by molar-refractivity contribution is 6.33. The normalized spacial score (nSPS) is 14.3. The smallest absolute Gasteiger partial charge is 0.280 e. The van der Waals surface area contributed by atoms with Gasteiger partial charge < -0.3 is 9.47 Å². The first-order valence-electron chi connectivity index (χ1n) is 10.3. The highest BCUT2D eigenvalue weighted by atomic mass is 35.5. The van der Waals surface area contributed by atoms with Gasteiger partial charge in [-0.1, -0.05) is 41.9 Å². The van der Waals surface area contributed by atoms with Gasteiger partial charge in [-0.25, -0.2) is 0 Å². The molecule has 3 aromatic carbocycles. The first kappa shape index (κ1) is 23.0. The molecule has 0 aromatic heterocycles. The van der Waals surface area contributed by atoms with E-state index in [-0.39, 0.29) is 23.2 Å². The molecule has 0 saturated heterocycles. The van der Waals surface area contributed by atoms with Crippen molar-refractivity contribution >= 4 is 40.7 Å². The van der Waals surface area contributed by atoms with E-state index in [0.717, 1.165) is 0 Å². The molecule has 3 aromatic rings. The van der Waals surface area contributed by atoms with Crippen molar-refractivity contribution in [2.24, 2.45) is 5.10 Å². The van der Waals surface area contributed by atoms with Crippen LogP contribution in [0, 0.1) is 10.1 Å². The predicted molar refractivity (Wildman–Crippen MR) is 130 cm³/mol. The molecule has 1 amide bonds. The minimum absolute atomic E-state index is 0.0241. The summed E-state index contributed by atoms with van der Waals surface area (Å²) in [6.07, 6.45) is 1.70. The topological polar surface area (TPSA) is 94.3 Å². The number of hydrogen-bond donors (Lipinski definition) is 0. The van der Waals surface area contributed by atoms with Gasteiger partial charge in [0, 0.05) is 12.1 Å². The first-order valence-corrected chi connectivity index (χ1v) is 10.7. The molecule has 34 heavy (non-hydrogen) atoms. The standard InChI is InChI=1S/C25H20ClN3O5/c1-16-21(25(30)28(27-16)19-8-4-3-5-9-19)12-18-13-22(26)24(23(14-18)33-2)34-15-17-7-6-10-20(11-17)29(31)32/h3-14H,15H2,1-2H3/b21-12+. The van der Waals surface area contributed by atoms with Crippen molar-refractivity contribution in [3.05, 3.63) is 98.6 Å². The van der Waals surface area contributed by atoms with Crippen LogP contribution in [-0.4, -0.2) is 23.7 Å². The molecule has 0 fully saturated rings. The van der Waals surface area contributed by atoms with Crippen LogP contribution in [-0.2, 0) is 11.4 Å². The summed E-state index contributed by atoms with van der Waals surface area (Å²) >= 11 is 6.48. The number of amides is 1. The zero-order chi connectivity index (χ0) is 24.2. The lowest BCUT2D eigenvalue weighted by Crippen LogP contribution is -2.21. The number of nitro benzene ring substituents is 1. The third kappa shape index (κ3) is 4.77. The molecule has 0 N–H and O–H groups in total. The van der Waals surface area contributed by atoms with Crippen LogP contribution in [0.15, 0.2) is 77.4 Å². The van der Waals surface area contributed by atoms with Gasteiger partial charge in [-0.05, 0) is 48.4 Å². The Bertz CT molecular complexity index is 1320. The largest absolute Gasteiger partial charge is 0.493 e. The molecular formula is C25H20ClN3O5. The zero-order valence-corrected chi connectivity index (χ0v) is 19.2. The van der Waals surface area contributed by atoms with Crippen molar-refractivity contribution in [1.29, 1.82) is 0 Å². The number of benzene rings is 3. The number of para-hydroxylation sites is 1. The number of nitrogens with zero attached hydrogens (tertiary/aromatic N) is 3. The van der Waals surface area contributed by atoms with Crippen LogP contribution >= 0.6 is 11.6 Å². The average Bonchev–Trinajstić information content (AvgIpc) is 3.12. The molecule has 172 valence electrons. The lowest BCUT2D eigenvalue weighted by molar-refractivity contribution is -0.384. The molecule has 0 saturated carbocycles. The molecule has 0 atom stereocenters. The fourth-order valence-electron chi connectivity index (χ4n) is 3.47. The summed E-state index contributed by atoms with van der Waals surface area (Å²) in [6.45, 7) is 1.83. The zero-order valence-electron chi connectivity index (χ0n) is 18.4. The molecule has 8 nitrogen and oxygen atoms in total. The van der Waals surface area contributed by atoms with Crippen LogP contribution in [0.4, 0.5) is 11.4 Å². The Morgan fingerprint density at radius 2 is 1.88 bits per heavy atom. The Labute approximate surface area is 200 Å². The molecule has 0 bridgehead atoms. The fraction of sp³-hybridized carbons (Fsp3) is 0.120. The number of rotatable bonds is 7. The van der Waals surface area contributed by atoms with Crippen molar-refractivity contribution < 1.29 is 19.2 Å². The highest BCUT2D eigenvalue weighted by Gasteiger charge is 2.28. The number of hydrogen-bond acceptors (Lipinski definition) is 6. The van der Waals surface area contributed by atoms with Gasteiger partial charge in [0.15, 0.2) is 11.5 Å². The second-order valence-corrected chi connectivity index (χ2v) is 7.85. The third-order valence-corrected chi connectivity index (χ3v) is 5.41. The Morgan fingerprint density at radius 3 is 2.59 bits per heavy atom. The minimum atomic E-state index is -0.464. The van der Waals surface area contributed by atoms with Crippen LogP contribution in [0.5, 0.6) is 11.5 Å². The van der Waals surface area contributed by atoms with Gasteiger partial charge in [0.25, 0.3) is 11.6 Å². The summed E-state index contributed by atoms with van der Waals surface area (Å²) in [5.41, 5.74) is 2.92. The van der Waals surface area contributed by atoms with E-state index in [1.807, 2.05) is 30.3 Å². The van der Waals surface area contributed by atoms with Crippen LogP contribution < -0.4 is 14.5 Å². The average molecular weight is 478 g/mol. The van der Waals surface area contributed by atoms with Crippen LogP contribution in [0.1, 0.15) is 18.1 Å². The number of hydrazone groups is 1. The second-order valence-electron chi connectivity index (χ2n) is 7.45. The van der Waals surface area contributed by atoms with Gasteiger partial charge in [0.05, 0.1) is 34.0 Å². The summed E-state index contributed by atoms with van der Waals surface area (Å²) in [7, 11) is 1.48. The van der Waals surface area contributed by atoms with Crippen molar-refractivity contribution in [3.63, 3.8) is 0 Å². The SMILES string of the molecule is COc1cc(/C=C2/C(=O)N(c3ccccc3)N=C2C)cc(Cl)c1OCc1cccc([N+](=O)[O-])c1. The van der Waals surface area contributed by atoms with E-state index in [2.05, 4.69) is 5.10 Å². The molecule has 0 unspecified atom stereocenters. The Morgan fingerprint density at radius 1 is 1.12 bits per heavy atom. The van der Waals surface area contributed by atoms with E-state index in [1.165, 1.54) is 24.3 Å². The van der Waals surface area contributed by atoms with Gasteiger partial charge >= 0.3 is 0 Å². The highest BCUT2D eigenvalue weighted by Crippen LogP contribution is 2.38. The molecule has 9 heteroatoms. The summed E-state index contributed by atoms with van der Waals surface area (Å²) in [5.74, 6) is 0.418. The van der Waals surface area contributed by atoms with Crippen LogP contribution in [0.3, 0.4) is 0 Å². The maximum Gasteiger partial charge on any atom is 0.280 e. The van der Waals surface area contributed by atoms with Gasteiger partial charge in [-0.3, -0.25) is 14.9 Å². The predicted octanol–water partition coefficient (Wildman–Crippen LogP) is 5.64. The van der Waals surface area contributed by atoms with E-state index >= 15 is 0 Å². The number of carbonyl (C=O) groups is 1. The van der Waals surface area contributed by atoms with Crippen LogP contribution in [0.2, 0.25) is 5.02 Å². The Kier molecular flexibility index (Phi) is 6.60. The van der Waals surface area contributed by atoms with Crippen molar-refractivity contribution in [2.75, 3.05) is 12.1 Å². The van der Waals surface area contributed by atoms with Gasteiger partial charge in [-0.15, -0.1) is 0 Å². The maximum absolute atomic E-state index is 13.0. The number of methoxy groups -OCH3 is 1. The summed E-state index contributed by atoms with van der Waals surface area (Å²) < 4.78 is 11.3. The number of carbonyl (C=O) groups excluding carboxylic acids is 1. The molecule has 0 spiro atoms. The van der Waals surface area contributed by atoms with Gasteiger partial charge in [0.2, 0.25) is 0 Å². The van der Waals surface area contributed by atoms with Crippen LogP contribution in [0.25, 0.3) is 6.08 Å². The van der Waals surface area contributed by atoms with Crippen molar-refractivity contribution in [1.82, 2.24) is 0 Å². The monoisotopic (exact) mass is 477 g/mol. The molecule has 4 rings (SSSR count). The minimum Gasteiger partial charge on any atom is -0.493 e. The summed E-state index contributed by atoms with van der Waals surface area (Å²) in [5, 5.41) is 17.0. The number of halogens is 1.